The minimum Gasteiger partial charge on any atom is -0.486 e. The Morgan fingerprint density at radius 1 is 1.07 bits per heavy atom. The summed E-state index contributed by atoms with van der Waals surface area (Å²) >= 11 is 0. The second kappa shape index (κ2) is 8.58. The Hall–Kier alpha value is -3.02. The molecule has 0 saturated carbocycles. The minimum atomic E-state index is -0.230. The Morgan fingerprint density at radius 3 is 2.48 bits per heavy atom. The Bertz CT molecular complexity index is 816. The zero-order valence-corrected chi connectivity index (χ0v) is 15.5. The van der Waals surface area contributed by atoms with Gasteiger partial charge < -0.3 is 19.5 Å². The van der Waals surface area contributed by atoms with E-state index in [4.69, 9.17) is 14.2 Å². The monoisotopic (exact) mass is 369 g/mol. The molecule has 1 aliphatic rings. The van der Waals surface area contributed by atoms with Gasteiger partial charge in [0.1, 0.15) is 19.0 Å². The van der Waals surface area contributed by atoms with Gasteiger partial charge in [0, 0.05) is 12.0 Å². The van der Waals surface area contributed by atoms with Crippen molar-refractivity contribution in [3.63, 3.8) is 0 Å². The Balaban J connectivity index is 1.52. The van der Waals surface area contributed by atoms with Crippen molar-refractivity contribution in [3.05, 3.63) is 53.6 Å². The highest BCUT2D eigenvalue weighted by molar-refractivity contribution is 5.95. The molecular weight excluding hydrogens is 346 g/mol. The fourth-order valence-electron chi connectivity index (χ4n) is 2.79. The zero-order valence-electron chi connectivity index (χ0n) is 15.5. The van der Waals surface area contributed by atoms with E-state index in [-0.39, 0.29) is 24.3 Å². The third-order valence-electron chi connectivity index (χ3n) is 4.31. The summed E-state index contributed by atoms with van der Waals surface area (Å²) in [5.41, 5.74) is 1.57. The topological polar surface area (TPSA) is 73.9 Å². The van der Waals surface area contributed by atoms with Crippen LogP contribution in [0.2, 0.25) is 0 Å². The van der Waals surface area contributed by atoms with E-state index in [0.29, 0.717) is 36.7 Å². The average molecular weight is 369 g/mol. The van der Waals surface area contributed by atoms with Crippen molar-refractivity contribution in [3.8, 4) is 17.2 Å². The van der Waals surface area contributed by atoms with Crippen molar-refractivity contribution in [1.82, 2.24) is 5.32 Å². The number of carbonyl (C=O) groups excluding carboxylic acids is 2. The van der Waals surface area contributed by atoms with Crippen LogP contribution in [0.3, 0.4) is 0 Å². The molecule has 0 fully saturated rings. The summed E-state index contributed by atoms with van der Waals surface area (Å²) in [5.74, 6) is 1.80. The lowest BCUT2D eigenvalue weighted by Gasteiger charge is -2.21. The van der Waals surface area contributed by atoms with Crippen LogP contribution in [0.4, 0.5) is 0 Å². The maximum absolute atomic E-state index is 12.2. The van der Waals surface area contributed by atoms with Gasteiger partial charge in [0.2, 0.25) is 0 Å². The summed E-state index contributed by atoms with van der Waals surface area (Å²) in [6.07, 6.45) is 0.459. The third kappa shape index (κ3) is 4.78. The number of benzene rings is 2. The molecule has 1 N–H and O–H groups in total. The number of fused-ring (bicyclic) bond motifs is 1. The molecule has 2 aromatic carbocycles. The average Bonchev–Trinajstić information content (AvgIpc) is 2.71. The van der Waals surface area contributed by atoms with Gasteiger partial charge in [0.25, 0.3) is 5.91 Å². The molecule has 1 aliphatic heterocycles. The van der Waals surface area contributed by atoms with Gasteiger partial charge in [0.05, 0.1) is 6.04 Å². The van der Waals surface area contributed by atoms with Crippen molar-refractivity contribution in [2.45, 2.75) is 26.3 Å². The smallest absolute Gasteiger partial charge is 0.258 e. The standard InChI is InChI=1S/C21H23NO5/c1-3-18(23)15-4-7-17(8-5-15)27-13-21(24)22-14(2)16-6-9-19-20(12-16)26-11-10-25-19/h4-9,12,14H,3,10-11,13H2,1-2H3,(H,22,24)/t14-/m1/s1. The number of ether oxygens (including phenoxy) is 3. The van der Waals surface area contributed by atoms with Crippen molar-refractivity contribution < 1.29 is 23.8 Å². The van der Waals surface area contributed by atoms with Crippen LogP contribution in [0.15, 0.2) is 42.5 Å². The molecule has 2 aromatic rings. The molecule has 1 amide bonds. The lowest BCUT2D eigenvalue weighted by molar-refractivity contribution is -0.123. The van der Waals surface area contributed by atoms with Crippen molar-refractivity contribution >= 4 is 11.7 Å². The number of rotatable bonds is 7. The normalized spacial score (nSPS) is 13.6. The fourth-order valence-corrected chi connectivity index (χ4v) is 2.79. The van der Waals surface area contributed by atoms with Crippen LogP contribution >= 0.6 is 0 Å². The van der Waals surface area contributed by atoms with Crippen molar-refractivity contribution in [2.24, 2.45) is 0 Å². The summed E-state index contributed by atoms with van der Waals surface area (Å²) in [5, 5.41) is 2.90. The Labute approximate surface area is 158 Å². The van der Waals surface area contributed by atoms with E-state index < -0.39 is 0 Å². The molecule has 1 atom stereocenters. The second-order valence-corrected chi connectivity index (χ2v) is 6.28. The highest BCUT2D eigenvalue weighted by atomic mass is 16.6. The molecule has 1 heterocycles. The van der Waals surface area contributed by atoms with Crippen LogP contribution in [0.25, 0.3) is 0 Å². The molecule has 0 spiro atoms. The van der Waals surface area contributed by atoms with Crippen LogP contribution in [-0.4, -0.2) is 31.5 Å². The number of hydrogen-bond donors (Lipinski definition) is 1. The van der Waals surface area contributed by atoms with Crippen molar-refractivity contribution in [2.75, 3.05) is 19.8 Å². The first-order valence-corrected chi connectivity index (χ1v) is 9.01. The van der Waals surface area contributed by atoms with Gasteiger partial charge in [-0.25, -0.2) is 0 Å². The van der Waals surface area contributed by atoms with E-state index in [1.165, 1.54) is 0 Å². The third-order valence-corrected chi connectivity index (χ3v) is 4.31. The van der Waals surface area contributed by atoms with Gasteiger partial charge in [-0.2, -0.15) is 0 Å². The van der Waals surface area contributed by atoms with E-state index in [1.807, 2.05) is 32.0 Å². The SMILES string of the molecule is CCC(=O)c1ccc(OCC(=O)N[C@H](C)c2ccc3c(c2)OCCO3)cc1. The predicted octanol–water partition coefficient (Wildman–Crippen LogP) is 3.31. The Morgan fingerprint density at radius 2 is 1.78 bits per heavy atom. The first-order valence-electron chi connectivity index (χ1n) is 9.01. The molecule has 0 unspecified atom stereocenters. The minimum absolute atomic E-state index is 0.0764. The molecular formula is C21H23NO5. The fraction of sp³-hybridized carbons (Fsp3) is 0.333. The molecule has 142 valence electrons. The van der Waals surface area contributed by atoms with E-state index in [9.17, 15) is 9.59 Å². The van der Waals surface area contributed by atoms with Crippen LogP contribution in [0.1, 0.15) is 42.2 Å². The molecule has 3 rings (SSSR count). The highest BCUT2D eigenvalue weighted by Crippen LogP contribution is 2.32. The molecule has 6 nitrogen and oxygen atoms in total. The molecule has 0 saturated heterocycles. The van der Waals surface area contributed by atoms with Gasteiger partial charge >= 0.3 is 0 Å². The van der Waals surface area contributed by atoms with E-state index in [2.05, 4.69) is 5.32 Å². The van der Waals surface area contributed by atoms with Crippen LogP contribution in [0, 0.1) is 0 Å². The number of nitrogens with one attached hydrogen (secondary N) is 1. The van der Waals surface area contributed by atoms with Gasteiger partial charge in [-0.15, -0.1) is 0 Å². The lowest BCUT2D eigenvalue weighted by atomic mass is 10.1. The summed E-state index contributed by atoms with van der Waals surface area (Å²) in [6.45, 7) is 4.68. The largest absolute Gasteiger partial charge is 0.486 e. The number of carbonyl (C=O) groups is 2. The maximum atomic E-state index is 12.2. The first kappa shape index (κ1) is 18.8. The lowest BCUT2D eigenvalue weighted by Crippen LogP contribution is -2.31. The number of amides is 1. The Kier molecular flexibility index (Phi) is 5.96. The summed E-state index contributed by atoms with van der Waals surface area (Å²) < 4.78 is 16.6. The molecule has 0 aromatic heterocycles. The van der Waals surface area contributed by atoms with Crippen LogP contribution in [-0.2, 0) is 4.79 Å². The molecule has 0 bridgehead atoms. The van der Waals surface area contributed by atoms with Gasteiger partial charge in [-0.05, 0) is 48.9 Å². The highest BCUT2D eigenvalue weighted by Gasteiger charge is 2.16. The predicted molar refractivity (Wildman–Crippen MR) is 101 cm³/mol. The first-order chi connectivity index (χ1) is 13.1. The maximum Gasteiger partial charge on any atom is 0.258 e. The van der Waals surface area contributed by atoms with E-state index in [1.54, 1.807) is 24.3 Å². The molecule has 6 heteroatoms. The summed E-state index contributed by atoms with van der Waals surface area (Å²) in [6, 6.07) is 12.2. The molecule has 0 radical (unpaired) electrons. The zero-order chi connectivity index (χ0) is 19.2. The number of Topliss-reactive ketones (excluding diaryl/α,β-unsaturated/α-hetero) is 1. The summed E-state index contributed by atoms with van der Waals surface area (Å²) in [7, 11) is 0. The molecule has 0 aliphatic carbocycles. The second-order valence-electron chi connectivity index (χ2n) is 6.28. The van der Waals surface area contributed by atoms with Gasteiger partial charge in [-0.3, -0.25) is 9.59 Å². The summed E-state index contributed by atoms with van der Waals surface area (Å²) in [4.78, 5) is 23.8. The number of hydrogen-bond acceptors (Lipinski definition) is 5. The van der Waals surface area contributed by atoms with Crippen molar-refractivity contribution in [1.29, 1.82) is 0 Å². The van der Waals surface area contributed by atoms with Crippen LogP contribution in [0.5, 0.6) is 17.2 Å². The van der Waals surface area contributed by atoms with E-state index in [0.717, 1.165) is 11.3 Å². The van der Waals surface area contributed by atoms with E-state index >= 15 is 0 Å². The number of ketones is 1. The van der Waals surface area contributed by atoms with Gasteiger partial charge in [0.15, 0.2) is 23.9 Å². The molecule has 27 heavy (non-hydrogen) atoms. The van der Waals surface area contributed by atoms with Gasteiger partial charge in [-0.1, -0.05) is 13.0 Å². The van der Waals surface area contributed by atoms with Crippen LogP contribution < -0.4 is 19.5 Å². The quantitative estimate of drug-likeness (QED) is 0.758.